The lowest BCUT2D eigenvalue weighted by atomic mass is 10.3. The molecule has 0 unspecified atom stereocenters. The molecule has 2 heterocycles. The van der Waals surface area contributed by atoms with E-state index in [4.69, 9.17) is 4.74 Å². The van der Waals surface area contributed by atoms with Gasteiger partial charge in [-0.05, 0) is 35.6 Å². The van der Waals surface area contributed by atoms with Crippen LogP contribution in [-0.4, -0.2) is 27.7 Å². The van der Waals surface area contributed by atoms with Crippen LogP contribution < -0.4 is 9.47 Å². The number of pyridine rings is 1. The van der Waals surface area contributed by atoms with Crippen LogP contribution in [0, 0.1) is 10.5 Å². The summed E-state index contributed by atoms with van der Waals surface area (Å²) in [5.41, 5.74) is 1.47. The lowest BCUT2D eigenvalue weighted by Crippen LogP contribution is -2.19. The minimum atomic E-state index is -4.39. The van der Waals surface area contributed by atoms with Gasteiger partial charge >= 0.3 is 12.2 Å². The predicted molar refractivity (Wildman–Crippen MR) is 79.6 cm³/mol. The number of aryl methyl sites for hydroxylation is 1. The van der Waals surface area contributed by atoms with Crippen molar-refractivity contribution in [2.75, 3.05) is 6.61 Å². The van der Waals surface area contributed by atoms with Gasteiger partial charge in [0.15, 0.2) is 6.61 Å². The zero-order valence-electron chi connectivity index (χ0n) is 11.4. The molecule has 0 fully saturated rings. The van der Waals surface area contributed by atoms with Gasteiger partial charge in [-0.1, -0.05) is 0 Å². The minimum absolute atomic E-state index is 0.0950. The second kappa shape index (κ2) is 7.07. The topological polar surface area (TPSA) is 57.1 Å². The summed E-state index contributed by atoms with van der Waals surface area (Å²) < 4.78 is 46.8. The molecule has 0 aliphatic heterocycles. The van der Waals surface area contributed by atoms with Gasteiger partial charge in [0, 0.05) is 24.0 Å². The van der Waals surface area contributed by atoms with E-state index >= 15 is 0 Å². The highest BCUT2D eigenvalue weighted by Gasteiger charge is 2.28. The van der Waals surface area contributed by atoms with E-state index in [9.17, 15) is 13.2 Å². The molecule has 118 valence electrons. The molecule has 2 rings (SSSR count). The molecule has 5 nitrogen and oxygen atoms in total. The summed E-state index contributed by atoms with van der Waals surface area (Å²) in [5.74, 6) is -0.0950. The molecule has 0 saturated carbocycles. The van der Waals surface area contributed by atoms with Crippen molar-refractivity contribution in [1.82, 2.24) is 15.0 Å². The number of hydrogen-bond acceptors (Lipinski definition) is 5. The van der Waals surface area contributed by atoms with Crippen LogP contribution in [0.2, 0.25) is 0 Å². The first-order valence-corrected chi connectivity index (χ1v) is 7.18. The van der Waals surface area contributed by atoms with E-state index in [1.807, 2.05) is 6.92 Å². The predicted octanol–water partition coefficient (Wildman–Crippen LogP) is 3.30. The van der Waals surface area contributed by atoms with Crippen molar-refractivity contribution in [2.45, 2.75) is 19.7 Å². The molecule has 0 spiro atoms. The monoisotopic (exact) mass is 425 g/mol. The first kappa shape index (κ1) is 16.7. The fourth-order valence-corrected chi connectivity index (χ4v) is 1.65. The Hall–Kier alpha value is -1.65. The van der Waals surface area contributed by atoms with Crippen LogP contribution in [0.1, 0.15) is 11.3 Å². The second-order valence-electron chi connectivity index (χ2n) is 4.28. The molecule has 22 heavy (non-hydrogen) atoms. The van der Waals surface area contributed by atoms with Gasteiger partial charge in [0.05, 0.1) is 9.26 Å². The van der Waals surface area contributed by atoms with Gasteiger partial charge in [0.25, 0.3) is 0 Å². The van der Waals surface area contributed by atoms with E-state index in [2.05, 4.69) is 42.3 Å². The first-order valence-electron chi connectivity index (χ1n) is 6.10. The van der Waals surface area contributed by atoms with E-state index in [1.54, 1.807) is 12.3 Å². The van der Waals surface area contributed by atoms with Crippen molar-refractivity contribution in [2.24, 2.45) is 0 Å². The van der Waals surface area contributed by atoms with Crippen molar-refractivity contribution in [3.05, 3.63) is 39.4 Å². The lowest BCUT2D eigenvalue weighted by Gasteiger charge is -2.09. The van der Waals surface area contributed by atoms with Crippen molar-refractivity contribution >= 4 is 22.6 Å². The quantitative estimate of drug-likeness (QED) is 0.689. The lowest BCUT2D eigenvalue weighted by molar-refractivity contribution is -0.154. The number of hydrogen-bond donors (Lipinski definition) is 0. The maximum atomic E-state index is 12.0. The van der Waals surface area contributed by atoms with E-state index in [0.29, 0.717) is 5.56 Å². The summed E-state index contributed by atoms with van der Waals surface area (Å²) in [6.45, 7) is 0.628. The molecule has 0 N–H and O–H groups in total. The Morgan fingerprint density at radius 3 is 2.50 bits per heavy atom. The SMILES string of the molecule is Cc1nc(OCc2ccc(OCC(F)(F)F)nc2)ncc1I. The number of alkyl halides is 3. The highest BCUT2D eigenvalue weighted by atomic mass is 127. The highest BCUT2D eigenvalue weighted by Crippen LogP contribution is 2.17. The maximum Gasteiger partial charge on any atom is 0.422 e. The van der Waals surface area contributed by atoms with Crippen LogP contribution in [0.4, 0.5) is 13.2 Å². The summed E-state index contributed by atoms with van der Waals surface area (Å²) in [4.78, 5) is 11.9. The Morgan fingerprint density at radius 2 is 1.91 bits per heavy atom. The molecular weight excluding hydrogens is 414 g/mol. The van der Waals surface area contributed by atoms with Gasteiger partial charge in [0.1, 0.15) is 6.61 Å². The standard InChI is InChI=1S/C13H11F3IN3O2/c1-8-10(17)5-19-12(20-8)21-6-9-2-3-11(18-4-9)22-7-13(14,15)16/h2-5H,6-7H2,1H3. The minimum Gasteiger partial charge on any atom is -0.468 e. The molecule has 0 radical (unpaired) electrons. The molecular formula is C13H11F3IN3O2. The second-order valence-corrected chi connectivity index (χ2v) is 5.45. The molecule has 0 aliphatic carbocycles. The third-order valence-corrected chi connectivity index (χ3v) is 3.51. The maximum absolute atomic E-state index is 12.0. The average Bonchev–Trinajstić information content (AvgIpc) is 2.47. The fourth-order valence-electron chi connectivity index (χ4n) is 1.39. The summed E-state index contributed by atoms with van der Waals surface area (Å²) >= 11 is 2.11. The van der Waals surface area contributed by atoms with E-state index in [0.717, 1.165) is 9.26 Å². The van der Waals surface area contributed by atoms with Crippen molar-refractivity contribution in [3.63, 3.8) is 0 Å². The van der Waals surface area contributed by atoms with E-state index in [1.165, 1.54) is 12.3 Å². The fraction of sp³-hybridized carbons (Fsp3) is 0.308. The Bertz CT molecular complexity index is 635. The van der Waals surface area contributed by atoms with Crippen LogP contribution in [0.25, 0.3) is 0 Å². The summed E-state index contributed by atoms with van der Waals surface area (Å²) in [5, 5.41) is 0. The van der Waals surface area contributed by atoms with Crippen molar-refractivity contribution in [1.29, 1.82) is 0 Å². The van der Waals surface area contributed by atoms with Gasteiger partial charge in [-0.3, -0.25) is 0 Å². The van der Waals surface area contributed by atoms with Crippen LogP contribution in [0.3, 0.4) is 0 Å². The average molecular weight is 425 g/mol. The molecule has 9 heteroatoms. The third kappa shape index (κ3) is 5.28. The van der Waals surface area contributed by atoms with Crippen molar-refractivity contribution in [3.8, 4) is 11.9 Å². The van der Waals surface area contributed by atoms with Crippen LogP contribution in [0.5, 0.6) is 11.9 Å². The van der Waals surface area contributed by atoms with Gasteiger partial charge in [-0.2, -0.15) is 18.2 Å². The number of aromatic nitrogens is 3. The Balaban J connectivity index is 1.89. The third-order valence-electron chi connectivity index (χ3n) is 2.45. The molecule has 0 amide bonds. The van der Waals surface area contributed by atoms with E-state index in [-0.39, 0.29) is 18.5 Å². The molecule has 0 aromatic carbocycles. The Labute approximate surface area is 138 Å². The molecule has 0 atom stereocenters. The highest BCUT2D eigenvalue weighted by molar-refractivity contribution is 14.1. The number of ether oxygens (including phenoxy) is 2. The summed E-state index contributed by atoms with van der Waals surface area (Å²) in [7, 11) is 0. The van der Waals surface area contributed by atoms with Crippen LogP contribution in [-0.2, 0) is 6.61 Å². The number of halogens is 4. The zero-order valence-corrected chi connectivity index (χ0v) is 13.6. The van der Waals surface area contributed by atoms with Gasteiger partial charge in [-0.15, -0.1) is 0 Å². The van der Waals surface area contributed by atoms with Crippen LogP contribution in [0.15, 0.2) is 24.5 Å². The molecule has 0 saturated heterocycles. The van der Waals surface area contributed by atoms with Gasteiger partial charge < -0.3 is 9.47 Å². The Kier molecular flexibility index (Phi) is 5.37. The van der Waals surface area contributed by atoms with Gasteiger partial charge in [0.2, 0.25) is 5.88 Å². The summed E-state index contributed by atoms with van der Waals surface area (Å²) in [6.07, 6.45) is -1.36. The largest absolute Gasteiger partial charge is 0.468 e. The Morgan fingerprint density at radius 1 is 1.14 bits per heavy atom. The van der Waals surface area contributed by atoms with E-state index < -0.39 is 12.8 Å². The van der Waals surface area contributed by atoms with Crippen LogP contribution >= 0.6 is 22.6 Å². The molecule has 0 aliphatic rings. The normalized spacial score (nSPS) is 11.3. The number of nitrogens with zero attached hydrogens (tertiary/aromatic N) is 3. The molecule has 2 aromatic heterocycles. The first-order chi connectivity index (χ1) is 10.3. The smallest absolute Gasteiger partial charge is 0.422 e. The molecule has 0 bridgehead atoms. The summed E-state index contributed by atoms with van der Waals surface area (Å²) in [6, 6.07) is 3.15. The zero-order chi connectivity index (χ0) is 16.2. The van der Waals surface area contributed by atoms with Gasteiger partial charge in [-0.25, -0.2) is 9.97 Å². The molecule has 2 aromatic rings. The number of rotatable bonds is 5. The van der Waals surface area contributed by atoms with Crippen molar-refractivity contribution < 1.29 is 22.6 Å².